The second-order valence-corrected chi connectivity index (χ2v) is 10.6. The summed E-state index contributed by atoms with van der Waals surface area (Å²) in [5, 5.41) is 15.5. The molecule has 202 valence electrons. The number of aromatic nitrogens is 1. The van der Waals surface area contributed by atoms with Crippen molar-refractivity contribution in [3.05, 3.63) is 71.4 Å². The Bertz CT molecular complexity index is 1270. The fourth-order valence-corrected chi connectivity index (χ4v) is 5.92. The quantitative estimate of drug-likeness (QED) is 0.383. The Balaban J connectivity index is 1.08. The second-order valence-electron chi connectivity index (χ2n) is 10.6. The number of piperidine rings is 2. The van der Waals surface area contributed by atoms with Crippen LogP contribution >= 0.6 is 0 Å². The number of H-pyrrole nitrogens is 1. The van der Waals surface area contributed by atoms with Crippen molar-refractivity contribution in [2.45, 2.75) is 37.7 Å². The summed E-state index contributed by atoms with van der Waals surface area (Å²) in [5.74, 6) is -0.847. The van der Waals surface area contributed by atoms with E-state index in [0.717, 1.165) is 50.5 Å². The fraction of sp³-hybridized carbons (Fsp3) is 0.433. The molecule has 6 nitrogen and oxygen atoms in total. The average molecular weight is 523 g/mol. The molecule has 1 amide bonds. The highest BCUT2D eigenvalue weighted by Gasteiger charge is 2.30. The molecule has 1 unspecified atom stereocenters. The Kier molecular flexibility index (Phi) is 8.09. The van der Waals surface area contributed by atoms with Gasteiger partial charge in [-0.05, 0) is 98.1 Å². The van der Waals surface area contributed by atoms with E-state index in [-0.39, 0.29) is 11.8 Å². The number of fused-ring (bicyclic) bond motifs is 1. The van der Waals surface area contributed by atoms with Crippen LogP contribution in [-0.2, 0) is 4.79 Å². The molecule has 0 bridgehead atoms. The maximum absolute atomic E-state index is 13.4. The lowest BCUT2D eigenvalue weighted by molar-refractivity contribution is -0.128. The lowest BCUT2D eigenvalue weighted by Crippen LogP contribution is -2.45. The molecule has 0 aliphatic carbocycles. The van der Waals surface area contributed by atoms with Gasteiger partial charge in [-0.2, -0.15) is 0 Å². The number of hydrogen-bond acceptors (Lipinski definition) is 4. The first-order chi connectivity index (χ1) is 18.4. The molecule has 8 heteroatoms. The third kappa shape index (κ3) is 6.08. The second kappa shape index (κ2) is 11.7. The van der Waals surface area contributed by atoms with Gasteiger partial charge in [0.2, 0.25) is 5.91 Å². The number of aliphatic hydroxyl groups is 1. The topological polar surface area (TPSA) is 71.6 Å². The molecular weight excluding hydrogens is 486 g/mol. The van der Waals surface area contributed by atoms with Crippen LogP contribution in [0.5, 0.6) is 0 Å². The Hall–Kier alpha value is -3.23. The van der Waals surface area contributed by atoms with E-state index in [2.05, 4.69) is 39.6 Å². The summed E-state index contributed by atoms with van der Waals surface area (Å²) in [6.07, 6.45) is 8.16. The monoisotopic (exact) mass is 522 g/mol. The number of nitrogens with zero attached hydrogens (tertiary/aromatic N) is 2. The van der Waals surface area contributed by atoms with E-state index in [0.29, 0.717) is 31.1 Å². The molecule has 0 radical (unpaired) electrons. The molecule has 3 N–H and O–H groups in total. The Morgan fingerprint density at radius 1 is 1.08 bits per heavy atom. The maximum atomic E-state index is 13.4. The first kappa shape index (κ1) is 26.4. The van der Waals surface area contributed by atoms with Gasteiger partial charge < -0.3 is 25.2 Å². The largest absolute Gasteiger partial charge is 0.392 e. The van der Waals surface area contributed by atoms with Crippen LogP contribution in [-0.4, -0.2) is 71.7 Å². The van der Waals surface area contributed by atoms with Crippen molar-refractivity contribution in [2.75, 3.05) is 45.1 Å². The number of carbonyl (C=O) groups excluding carboxylic acids is 1. The van der Waals surface area contributed by atoms with E-state index >= 15 is 0 Å². The number of amides is 1. The van der Waals surface area contributed by atoms with Gasteiger partial charge >= 0.3 is 0 Å². The smallest absolute Gasteiger partial charge is 0.246 e. The molecule has 2 saturated heterocycles. The zero-order valence-electron chi connectivity index (χ0n) is 21.8. The molecule has 38 heavy (non-hydrogen) atoms. The molecule has 0 spiro atoms. The highest BCUT2D eigenvalue weighted by atomic mass is 19.1. The maximum Gasteiger partial charge on any atom is 0.246 e. The van der Waals surface area contributed by atoms with Crippen LogP contribution in [0.4, 0.5) is 14.5 Å². The SMILES string of the molecule is CNc1ccc2[nH]cc(C3CCN(CC(O)C4CCN(C(=O)/C=C/c5cc(F)cc(F)c5)CC4)CC3)c2c1. The van der Waals surface area contributed by atoms with Gasteiger partial charge in [0, 0.05) is 61.6 Å². The van der Waals surface area contributed by atoms with E-state index in [1.807, 2.05) is 7.05 Å². The number of halogens is 2. The number of likely N-dealkylation sites (tertiary alicyclic amines) is 2. The Morgan fingerprint density at radius 3 is 2.47 bits per heavy atom. The lowest BCUT2D eigenvalue weighted by Gasteiger charge is -2.37. The van der Waals surface area contributed by atoms with Gasteiger partial charge in [-0.15, -0.1) is 0 Å². The van der Waals surface area contributed by atoms with Gasteiger partial charge in [-0.25, -0.2) is 8.78 Å². The Labute approximate surface area is 222 Å². The Morgan fingerprint density at radius 2 is 1.79 bits per heavy atom. The van der Waals surface area contributed by atoms with E-state index in [1.54, 1.807) is 4.90 Å². The average Bonchev–Trinajstić information content (AvgIpc) is 3.35. The number of aliphatic hydroxyl groups excluding tert-OH is 1. The van der Waals surface area contributed by atoms with Gasteiger partial charge in [0.15, 0.2) is 0 Å². The highest BCUT2D eigenvalue weighted by Crippen LogP contribution is 2.34. The van der Waals surface area contributed by atoms with Crippen LogP contribution in [0.2, 0.25) is 0 Å². The molecule has 2 aliphatic rings. The van der Waals surface area contributed by atoms with Crippen LogP contribution in [0.25, 0.3) is 17.0 Å². The molecule has 2 aromatic carbocycles. The van der Waals surface area contributed by atoms with Crippen LogP contribution < -0.4 is 5.32 Å². The summed E-state index contributed by atoms with van der Waals surface area (Å²) in [4.78, 5) is 20.1. The zero-order chi connectivity index (χ0) is 26.6. The van der Waals surface area contributed by atoms with Gasteiger partial charge in [0.05, 0.1) is 6.10 Å². The summed E-state index contributed by atoms with van der Waals surface area (Å²) in [7, 11) is 1.94. The highest BCUT2D eigenvalue weighted by molar-refractivity contribution is 5.91. The molecule has 5 rings (SSSR count). The van der Waals surface area contributed by atoms with Crippen molar-refractivity contribution in [2.24, 2.45) is 5.92 Å². The molecule has 1 aromatic heterocycles. The van der Waals surface area contributed by atoms with E-state index in [4.69, 9.17) is 0 Å². The van der Waals surface area contributed by atoms with Gasteiger partial charge in [0.1, 0.15) is 11.6 Å². The number of rotatable bonds is 7. The minimum Gasteiger partial charge on any atom is -0.392 e. The standard InChI is InChI=1S/C30H36F2N4O2/c1-33-25-3-4-28-26(17-25)27(18-34-28)21-6-10-35(11-7-21)19-29(37)22-8-12-36(13-9-22)30(38)5-2-20-14-23(31)16-24(32)15-20/h2-5,14-18,21-22,29,33-34,37H,6-13,19H2,1H3/b5-2+. The zero-order valence-corrected chi connectivity index (χ0v) is 21.8. The van der Waals surface area contributed by atoms with Crippen molar-refractivity contribution in [1.29, 1.82) is 0 Å². The van der Waals surface area contributed by atoms with Crippen molar-refractivity contribution in [1.82, 2.24) is 14.8 Å². The molecule has 1 atom stereocenters. The number of β-amino-alcohol motifs (C(OH)–C–C–N with tert-alkyl or cyclic N) is 1. The van der Waals surface area contributed by atoms with Crippen molar-refractivity contribution in [3.63, 3.8) is 0 Å². The van der Waals surface area contributed by atoms with Crippen molar-refractivity contribution >= 4 is 28.6 Å². The van der Waals surface area contributed by atoms with E-state index in [1.165, 1.54) is 40.8 Å². The molecule has 3 aromatic rings. The third-order valence-electron chi connectivity index (χ3n) is 8.17. The summed E-state index contributed by atoms with van der Waals surface area (Å²) in [6.45, 7) is 3.72. The molecule has 2 fully saturated rings. The number of carbonyl (C=O) groups is 1. The third-order valence-corrected chi connectivity index (χ3v) is 8.17. The lowest BCUT2D eigenvalue weighted by atomic mass is 9.87. The number of anilines is 1. The summed E-state index contributed by atoms with van der Waals surface area (Å²) in [5.41, 5.74) is 3.98. The predicted octanol–water partition coefficient (Wildman–Crippen LogP) is 4.98. The predicted molar refractivity (Wildman–Crippen MR) is 147 cm³/mol. The first-order valence-corrected chi connectivity index (χ1v) is 13.5. The van der Waals surface area contributed by atoms with Crippen LogP contribution in [0.1, 0.15) is 42.7 Å². The van der Waals surface area contributed by atoms with E-state index < -0.39 is 17.7 Å². The first-order valence-electron chi connectivity index (χ1n) is 13.5. The normalized spacial score (nSPS) is 18.9. The van der Waals surface area contributed by atoms with Gasteiger partial charge in [0.25, 0.3) is 0 Å². The number of hydrogen-bond donors (Lipinski definition) is 3. The molecule has 2 aliphatic heterocycles. The van der Waals surface area contributed by atoms with Crippen LogP contribution in [0, 0.1) is 17.6 Å². The number of nitrogens with one attached hydrogen (secondary N) is 2. The summed E-state index contributed by atoms with van der Waals surface area (Å²) >= 11 is 0. The minimum absolute atomic E-state index is 0.159. The molecule has 0 saturated carbocycles. The van der Waals surface area contributed by atoms with Crippen LogP contribution in [0.3, 0.4) is 0 Å². The summed E-state index contributed by atoms with van der Waals surface area (Å²) in [6, 6.07) is 9.61. The van der Waals surface area contributed by atoms with Crippen LogP contribution in [0.15, 0.2) is 48.7 Å². The number of benzene rings is 2. The molecule has 3 heterocycles. The van der Waals surface area contributed by atoms with Gasteiger partial charge in [-0.3, -0.25) is 4.79 Å². The summed E-state index contributed by atoms with van der Waals surface area (Å²) < 4.78 is 26.7. The fourth-order valence-electron chi connectivity index (χ4n) is 5.92. The minimum atomic E-state index is -0.669. The van der Waals surface area contributed by atoms with Gasteiger partial charge in [-0.1, -0.05) is 0 Å². The molecular formula is C30H36F2N4O2. The number of aromatic amines is 1. The van der Waals surface area contributed by atoms with Crippen molar-refractivity contribution in [3.8, 4) is 0 Å². The van der Waals surface area contributed by atoms with E-state index in [9.17, 15) is 18.7 Å². The van der Waals surface area contributed by atoms with Crippen molar-refractivity contribution < 1.29 is 18.7 Å².